The molecule has 1 amide bonds. The molecule has 1 saturated heterocycles. The molecule has 21 heavy (non-hydrogen) atoms. The zero-order valence-electron chi connectivity index (χ0n) is 12.3. The summed E-state index contributed by atoms with van der Waals surface area (Å²) in [6.07, 6.45) is 2.63. The summed E-state index contributed by atoms with van der Waals surface area (Å²) in [6.45, 7) is 4.06. The number of nitrogens with one attached hydrogen (secondary N) is 2. The fourth-order valence-electron chi connectivity index (χ4n) is 2.37. The Morgan fingerprint density at radius 2 is 2.29 bits per heavy atom. The van der Waals surface area contributed by atoms with E-state index in [1.54, 1.807) is 6.92 Å². The van der Waals surface area contributed by atoms with Crippen LogP contribution in [0.1, 0.15) is 38.4 Å². The van der Waals surface area contributed by atoms with Crippen LogP contribution >= 0.6 is 0 Å². The average molecular weight is 315 g/mol. The molecular weight excluding hydrogens is 294 g/mol. The van der Waals surface area contributed by atoms with Gasteiger partial charge in [-0.1, -0.05) is 13.3 Å². The molecule has 1 aromatic heterocycles. The molecule has 0 spiro atoms. The van der Waals surface area contributed by atoms with Crippen LogP contribution in [0.3, 0.4) is 0 Å². The number of unbranched alkanes of at least 4 members (excludes halogenated alkanes) is 1. The largest absolute Gasteiger partial charge is 0.292 e. The van der Waals surface area contributed by atoms with Crippen LogP contribution in [-0.2, 0) is 14.8 Å². The van der Waals surface area contributed by atoms with Crippen molar-refractivity contribution in [2.75, 3.05) is 17.6 Å². The molecule has 2 N–H and O–H groups in total. The number of carbonyl (C=O) groups is 1. The first-order chi connectivity index (χ1) is 9.94. The average Bonchev–Trinajstić information content (AvgIpc) is 3.05. The van der Waals surface area contributed by atoms with Crippen molar-refractivity contribution in [3.63, 3.8) is 0 Å². The minimum atomic E-state index is -3.38. The molecule has 1 aliphatic heterocycles. The number of anilines is 1. The highest BCUT2D eigenvalue weighted by molar-refractivity contribution is 7.89. The van der Waals surface area contributed by atoms with Crippen molar-refractivity contribution in [3.05, 3.63) is 5.82 Å². The first-order valence-electron chi connectivity index (χ1n) is 7.13. The van der Waals surface area contributed by atoms with E-state index in [9.17, 15) is 13.2 Å². The summed E-state index contributed by atoms with van der Waals surface area (Å²) < 4.78 is 25.9. The van der Waals surface area contributed by atoms with Gasteiger partial charge in [-0.3, -0.25) is 15.2 Å². The van der Waals surface area contributed by atoms with Crippen LogP contribution in [0.4, 0.5) is 5.95 Å². The molecule has 0 bridgehead atoms. The van der Waals surface area contributed by atoms with Crippen molar-refractivity contribution in [2.24, 2.45) is 0 Å². The van der Waals surface area contributed by atoms with Crippen LogP contribution in [-0.4, -0.2) is 52.2 Å². The first kappa shape index (κ1) is 15.9. The standard InChI is InChI=1S/C12H21N5O3S/c1-3-4-8-21(19,20)17-7-5-6-10(17)11(18)14-12-13-9(2)15-16-12/h10H,3-8H2,1-2H3,(H2,13,14,15,16,18). The normalized spacial score (nSPS) is 19.8. The van der Waals surface area contributed by atoms with Gasteiger partial charge in [0.15, 0.2) is 0 Å². The van der Waals surface area contributed by atoms with Gasteiger partial charge in [-0.05, 0) is 26.2 Å². The summed E-state index contributed by atoms with van der Waals surface area (Å²) in [4.78, 5) is 16.2. The number of carbonyl (C=O) groups excluding carboxylic acids is 1. The van der Waals surface area contributed by atoms with E-state index in [-0.39, 0.29) is 17.6 Å². The van der Waals surface area contributed by atoms with Gasteiger partial charge < -0.3 is 0 Å². The number of nitrogens with zero attached hydrogens (tertiary/aromatic N) is 3. The molecule has 8 nitrogen and oxygen atoms in total. The molecule has 1 aromatic rings. The second kappa shape index (κ2) is 6.52. The molecule has 1 unspecified atom stereocenters. The van der Waals surface area contributed by atoms with Gasteiger partial charge in [0.2, 0.25) is 21.9 Å². The maximum absolute atomic E-state index is 12.3. The van der Waals surface area contributed by atoms with Crippen LogP contribution in [0.15, 0.2) is 0 Å². The lowest BCUT2D eigenvalue weighted by Crippen LogP contribution is -2.44. The summed E-state index contributed by atoms with van der Waals surface area (Å²) in [6, 6.07) is -0.661. The lowest BCUT2D eigenvalue weighted by molar-refractivity contribution is -0.119. The highest BCUT2D eigenvalue weighted by atomic mass is 32.2. The third-order valence-corrected chi connectivity index (χ3v) is 5.41. The maximum atomic E-state index is 12.3. The van der Waals surface area contributed by atoms with E-state index in [1.165, 1.54) is 4.31 Å². The number of aryl methyl sites for hydroxylation is 1. The van der Waals surface area contributed by atoms with Crippen molar-refractivity contribution in [2.45, 2.75) is 45.6 Å². The second-order valence-electron chi connectivity index (χ2n) is 5.17. The van der Waals surface area contributed by atoms with Gasteiger partial charge in [0.05, 0.1) is 5.75 Å². The third-order valence-electron chi connectivity index (χ3n) is 3.45. The Bertz CT molecular complexity index is 598. The molecular formula is C12H21N5O3S. The van der Waals surface area contributed by atoms with E-state index in [0.29, 0.717) is 31.6 Å². The molecule has 1 atom stereocenters. The van der Waals surface area contributed by atoms with E-state index in [0.717, 1.165) is 6.42 Å². The number of hydrogen-bond acceptors (Lipinski definition) is 5. The van der Waals surface area contributed by atoms with E-state index in [2.05, 4.69) is 20.5 Å². The predicted octanol–water partition coefficient (Wildman–Crippen LogP) is 0.646. The Hall–Kier alpha value is -1.48. The number of amides is 1. The number of sulfonamides is 1. The van der Waals surface area contributed by atoms with Crippen LogP contribution < -0.4 is 5.32 Å². The van der Waals surface area contributed by atoms with Gasteiger partial charge in [0.1, 0.15) is 11.9 Å². The molecule has 2 rings (SSSR count). The number of hydrogen-bond donors (Lipinski definition) is 2. The van der Waals surface area contributed by atoms with Gasteiger partial charge in [0.25, 0.3) is 0 Å². The van der Waals surface area contributed by atoms with Crippen molar-refractivity contribution in [3.8, 4) is 0 Å². The second-order valence-corrected chi connectivity index (χ2v) is 7.21. The lowest BCUT2D eigenvalue weighted by Gasteiger charge is -2.22. The Balaban J connectivity index is 2.05. The Labute approximate surface area is 124 Å². The first-order valence-corrected chi connectivity index (χ1v) is 8.74. The van der Waals surface area contributed by atoms with Gasteiger partial charge in [-0.15, -0.1) is 5.10 Å². The van der Waals surface area contributed by atoms with Crippen LogP contribution in [0, 0.1) is 6.92 Å². The summed E-state index contributed by atoms with van der Waals surface area (Å²) in [5, 5.41) is 9.02. The fourth-order valence-corrected chi connectivity index (χ4v) is 4.26. The summed E-state index contributed by atoms with van der Waals surface area (Å²) in [7, 11) is -3.38. The smallest absolute Gasteiger partial charge is 0.248 e. The Morgan fingerprint density at radius 1 is 1.52 bits per heavy atom. The van der Waals surface area contributed by atoms with E-state index >= 15 is 0 Å². The zero-order valence-corrected chi connectivity index (χ0v) is 13.1. The molecule has 0 saturated carbocycles. The molecule has 1 fully saturated rings. The number of aromatic amines is 1. The summed E-state index contributed by atoms with van der Waals surface area (Å²) in [5.74, 6) is 0.485. The van der Waals surface area contributed by atoms with Crippen LogP contribution in [0.5, 0.6) is 0 Å². The summed E-state index contributed by atoms with van der Waals surface area (Å²) >= 11 is 0. The molecule has 1 aliphatic rings. The van der Waals surface area contributed by atoms with Gasteiger partial charge in [0, 0.05) is 6.54 Å². The number of aromatic nitrogens is 3. The topological polar surface area (TPSA) is 108 Å². The molecule has 2 heterocycles. The quantitative estimate of drug-likeness (QED) is 0.801. The minimum Gasteiger partial charge on any atom is -0.292 e. The highest BCUT2D eigenvalue weighted by Crippen LogP contribution is 2.23. The summed E-state index contributed by atoms with van der Waals surface area (Å²) in [5.41, 5.74) is 0. The van der Waals surface area contributed by atoms with Crippen molar-refractivity contribution in [1.29, 1.82) is 0 Å². The molecule has 0 aromatic carbocycles. The predicted molar refractivity (Wildman–Crippen MR) is 78.2 cm³/mol. The molecule has 0 radical (unpaired) electrons. The van der Waals surface area contributed by atoms with E-state index < -0.39 is 16.1 Å². The highest BCUT2D eigenvalue weighted by Gasteiger charge is 2.38. The fraction of sp³-hybridized carbons (Fsp3) is 0.750. The minimum absolute atomic E-state index is 0.0903. The maximum Gasteiger partial charge on any atom is 0.248 e. The molecule has 118 valence electrons. The van der Waals surface area contributed by atoms with Crippen molar-refractivity contribution >= 4 is 21.9 Å². The third kappa shape index (κ3) is 3.79. The lowest BCUT2D eigenvalue weighted by atomic mass is 10.2. The van der Waals surface area contributed by atoms with Crippen molar-refractivity contribution < 1.29 is 13.2 Å². The van der Waals surface area contributed by atoms with Crippen molar-refractivity contribution in [1.82, 2.24) is 19.5 Å². The van der Waals surface area contributed by atoms with Gasteiger partial charge >= 0.3 is 0 Å². The van der Waals surface area contributed by atoms with E-state index in [4.69, 9.17) is 0 Å². The molecule has 0 aliphatic carbocycles. The monoisotopic (exact) mass is 315 g/mol. The van der Waals surface area contributed by atoms with Gasteiger partial charge in [-0.25, -0.2) is 8.42 Å². The van der Waals surface area contributed by atoms with Gasteiger partial charge in [-0.2, -0.15) is 9.29 Å². The number of rotatable bonds is 6. The Morgan fingerprint density at radius 3 is 2.90 bits per heavy atom. The van der Waals surface area contributed by atoms with E-state index in [1.807, 2.05) is 6.92 Å². The molecule has 9 heteroatoms. The Kier molecular flexibility index (Phi) is 4.94. The number of H-pyrrole nitrogens is 1. The van der Waals surface area contributed by atoms with Crippen LogP contribution in [0.2, 0.25) is 0 Å². The zero-order chi connectivity index (χ0) is 15.5. The SMILES string of the molecule is CCCCS(=O)(=O)N1CCCC1C(=O)Nc1n[nH]c(C)n1. The van der Waals surface area contributed by atoms with Crippen LogP contribution in [0.25, 0.3) is 0 Å².